The van der Waals surface area contributed by atoms with Crippen LogP contribution in [-0.4, -0.2) is 37.6 Å². The van der Waals surface area contributed by atoms with Crippen LogP contribution in [0.15, 0.2) is 59.2 Å². The first-order chi connectivity index (χ1) is 14.5. The number of amides is 1. The molecule has 1 atom stereocenters. The van der Waals surface area contributed by atoms with E-state index in [0.29, 0.717) is 11.1 Å². The van der Waals surface area contributed by atoms with Crippen LogP contribution in [0.2, 0.25) is 0 Å². The summed E-state index contributed by atoms with van der Waals surface area (Å²) in [7, 11) is 1.25. The Morgan fingerprint density at radius 3 is 2.60 bits per heavy atom. The average Bonchev–Trinajstić information content (AvgIpc) is 3.13. The summed E-state index contributed by atoms with van der Waals surface area (Å²) in [5.74, 6) is -1.72. The predicted molar refractivity (Wildman–Crippen MR) is 110 cm³/mol. The fraction of sp³-hybridized carbons (Fsp3) is 0.261. The molecule has 0 aliphatic heterocycles. The molecule has 0 fully saturated rings. The molecule has 0 bridgehead atoms. The van der Waals surface area contributed by atoms with Gasteiger partial charge in [-0.2, -0.15) is 0 Å². The lowest BCUT2D eigenvalue weighted by Crippen LogP contribution is -2.44. The highest BCUT2D eigenvalue weighted by Gasteiger charge is 2.22. The molecular formula is C23H23NO6. The second kappa shape index (κ2) is 9.73. The summed E-state index contributed by atoms with van der Waals surface area (Å²) in [6, 6.07) is 14.1. The van der Waals surface area contributed by atoms with Gasteiger partial charge in [-0.25, -0.2) is 4.79 Å². The van der Waals surface area contributed by atoms with Crippen LogP contribution in [0.3, 0.4) is 0 Å². The second-order valence-electron chi connectivity index (χ2n) is 6.93. The van der Waals surface area contributed by atoms with Crippen LogP contribution in [0.25, 0.3) is 11.0 Å². The SMILES string of the molecule is COC(=O)[C@H](Cc1ccccc1)NC(=O)COC(=O)Cc1coc2cc(C)ccc12. The second-order valence-corrected chi connectivity index (χ2v) is 6.93. The molecule has 1 heterocycles. The molecule has 1 amide bonds. The molecule has 7 heteroatoms. The summed E-state index contributed by atoms with van der Waals surface area (Å²) < 4.78 is 15.3. The quantitative estimate of drug-likeness (QED) is 0.575. The van der Waals surface area contributed by atoms with Gasteiger partial charge in [0.05, 0.1) is 19.8 Å². The molecule has 7 nitrogen and oxygen atoms in total. The van der Waals surface area contributed by atoms with E-state index < -0.39 is 30.5 Å². The first kappa shape index (κ1) is 21.1. The molecule has 1 aromatic heterocycles. The van der Waals surface area contributed by atoms with Gasteiger partial charge >= 0.3 is 11.9 Å². The molecule has 0 unspecified atom stereocenters. The van der Waals surface area contributed by atoms with Crippen molar-refractivity contribution in [2.24, 2.45) is 0 Å². The highest BCUT2D eigenvalue weighted by molar-refractivity contribution is 5.88. The zero-order chi connectivity index (χ0) is 21.5. The molecule has 3 aromatic rings. The van der Waals surface area contributed by atoms with Crippen molar-refractivity contribution in [3.63, 3.8) is 0 Å². The van der Waals surface area contributed by atoms with Crippen molar-refractivity contribution >= 4 is 28.8 Å². The number of furan rings is 1. The molecule has 3 rings (SSSR count). The minimum Gasteiger partial charge on any atom is -0.467 e. The number of rotatable bonds is 8. The van der Waals surface area contributed by atoms with E-state index in [9.17, 15) is 14.4 Å². The van der Waals surface area contributed by atoms with Crippen molar-refractivity contribution < 1.29 is 28.3 Å². The maximum Gasteiger partial charge on any atom is 0.328 e. The Morgan fingerprint density at radius 2 is 1.87 bits per heavy atom. The molecule has 30 heavy (non-hydrogen) atoms. The van der Waals surface area contributed by atoms with Gasteiger partial charge < -0.3 is 19.2 Å². The number of benzene rings is 2. The van der Waals surface area contributed by atoms with Gasteiger partial charge in [0.25, 0.3) is 5.91 Å². The Morgan fingerprint density at radius 1 is 1.10 bits per heavy atom. The normalized spacial score (nSPS) is 11.7. The standard InChI is InChI=1S/C23H23NO6/c1-15-8-9-18-17(13-29-20(18)10-15)12-22(26)30-14-21(25)24-19(23(27)28-2)11-16-6-4-3-5-7-16/h3-10,13,19H,11-12,14H2,1-2H3,(H,24,25)/t19-/m0/s1. The lowest BCUT2D eigenvalue weighted by Gasteiger charge is -2.16. The van der Waals surface area contributed by atoms with Crippen LogP contribution in [0.1, 0.15) is 16.7 Å². The Kier molecular flexibility index (Phi) is 6.85. The fourth-order valence-electron chi connectivity index (χ4n) is 3.10. The monoisotopic (exact) mass is 409 g/mol. The van der Waals surface area contributed by atoms with Gasteiger partial charge in [0.1, 0.15) is 11.6 Å². The Bertz CT molecular complexity index is 1040. The highest BCUT2D eigenvalue weighted by Crippen LogP contribution is 2.22. The number of hydrogen-bond donors (Lipinski definition) is 1. The highest BCUT2D eigenvalue weighted by atomic mass is 16.5. The predicted octanol–water partition coefficient (Wildman–Crippen LogP) is 2.73. The molecule has 0 saturated heterocycles. The number of aryl methyl sites for hydroxylation is 1. The average molecular weight is 409 g/mol. The molecule has 2 aromatic carbocycles. The Balaban J connectivity index is 1.54. The number of methoxy groups -OCH3 is 1. The van der Waals surface area contributed by atoms with Crippen LogP contribution in [0.5, 0.6) is 0 Å². The summed E-state index contributed by atoms with van der Waals surface area (Å²) in [6.45, 7) is 1.46. The molecule has 0 spiro atoms. The van der Waals surface area contributed by atoms with E-state index >= 15 is 0 Å². The van der Waals surface area contributed by atoms with E-state index in [-0.39, 0.29) is 12.8 Å². The van der Waals surface area contributed by atoms with Gasteiger partial charge in [-0.3, -0.25) is 9.59 Å². The minimum atomic E-state index is -0.871. The smallest absolute Gasteiger partial charge is 0.328 e. The van der Waals surface area contributed by atoms with Crippen LogP contribution in [-0.2, 0) is 36.7 Å². The van der Waals surface area contributed by atoms with E-state index in [2.05, 4.69) is 5.32 Å². The van der Waals surface area contributed by atoms with Gasteiger partial charge in [0.2, 0.25) is 0 Å². The molecule has 0 aliphatic carbocycles. The zero-order valence-electron chi connectivity index (χ0n) is 16.8. The van der Waals surface area contributed by atoms with E-state index in [1.54, 1.807) is 0 Å². The molecule has 0 aliphatic rings. The number of hydrogen-bond acceptors (Lipinski definition) is 6. The van der Waals surface area contributed by atoms with Crippen molar-refractivity contribution in [3.8, 4) is 0 Å². The third kappa shape index (κ3) is 5.47. The number of fused-ring (bicyclic) bond motifs is 1. The van der Waals surface area contributed by atoms with E-state index in [0.717, 1.165) is 16.5 Å². The summed E-state index contributed by atoms with van der Waals surface area (Å²) in [6.07, 6.45) is 1.76. The number of carbonyl (C=O) groups excluding carboxylic acids is 3. The fourth-order valence-corrected chi connectivity index (χ4v) is 3.10. The lowest BCUT2D eigenvalue weighted by atomic mass is 10.1. The topological polar surface area (TPSA) is 94.8 Å². The molecule has 1 N–H and O–H groups in total. The van der Waals surface area contributed by atoms with Crippen molar-refractivity contribution in [1.29, 1.82) is 0 Å². The maximum absolute atomic E-state index is 12.2. The van der Waals surface area contributed by atoms with Crippen LogP contribution in [0, 0.1) is 6.92 Å². The van der Waals surface area contributed by atoms with Crippen LogP contribution >= 0.6 is 0 Å². The number of carbonyl (C=O) groups is 3. The zero-order valence-corrected chi connectivity index (χ0v) is 16.8. The van der Waals surface area contributed by atoms with Crippen molar-refractivity contribution in [2.45, 2.75) is 25.8 Å². The van der Waals surface area contributed by atoms with Crippen LogP contribution in [0.4, 0.5) is 0 Å². The molecule has 0 saturated carbocycles. The van der Waals surface area contributed by atoms with Gasteiger partial charge in [-0.15, -0.1) is 0 Å². The Labute approximate surface area is 174 Å². The summed E-state index contributed by atoms with van der Waals surface area (Å²) in [5, 5.41) is 3.39. The van der Waals surface area contributed by atoms with E-state index in [1.165, 1.54) is 13.4 Å². The largest absolute Gasteiger partial charge is 0.467 e. The van der Waals surface area contributed by atoms with Crippen molar-refractivity contribution in [1.82, 2.24) is 5.32 Å². The Hall–Kier alpha value is -3.61. The minimum absolute atomic E-state index is 0.0201. The van der Waals surface area contributed by atoms with Crippen molar-refractivity contribution in [3.05, 3.63) is 71.5 Å². The lowest BCUT2D eigenvalue weighted by molar-refractivity contribution is -0.149. The van der Waals surface area contributed by atoms with Gasteiger partial charge in [0, 0.05) is 17.4 Å². The third-order valence-corrected chi connectivity index (χ3v) is 4.61. The molecule has 156 valence electrons. The first-order valence-electron chi connectivity index (χ1n) is 9.49. The van der Waals surface area contributed by atoms with E-state index in [4.69, 9.17) is 13.9 Å². The van der Waals surface area contributed by atoms with Gasteiger partial charge in [-0.05, 0) is 24.1 Å². The van der Waals surface area contributed by atoms with E-state index in [1.807, 2.05) is 55.5 Å². The summed E-state index contributed by atoms with van der Waals surface area (Å²) in [4.78, 5) is 36.4. The summed E-state index contributed by atoms with van der Waals surface area (Å²) >= 11 is 0. The molecular weight excluding hydrogens is 386 g/mol. The third-order valence-electron chi connectivity index (χ3n) is 4.61. The number of esters is 2. The van der Waals surface area contributed by atoms with Crippen LogP contribution < -0.4 is 5.32 Å². The number of nitrogens with one attached hydrogen (secondary N) is 1. The first-order valence-corrected chi connectivity index (χ1v) is 9.49. The number of ether oxygens (including phenoxy) is 2. The molecule has 0 radical (unpaired) electrons. The van der Waals surface area contributed by atoms with Crippen molar-refractivity contribution in [2.75, 3.05) is 13.7 Å². The van der Waals surface area contributed by atoms with Gasteiger partial charge in [-0.1, -0.05) is 42.5 Å². The van der Waals surface area contributed by atoms with Gasteiger partial charge in [0.15, 0.2) is 6.61 Å². The summed E-state index contributed by atoms with van der Waals surface area (Å²) in [5.41, 5.74) is 3.30. The maximum atomic E-state index is 12.2.